The van der Waals surface area contributed by atoms with Gasteiger partial charge in [0, 0.05) is 13.0 Å². The largest absolute Gasteiger partial charge is 0.353 e. The molecule has 78 valence electrons. The van der Waals surface area contributed by atoms with Gasteiger partial charge in [-0.15, -0.1) is 6.58 Å². The molecule has 2 saturated carbocycles. The Kier molecular flexibility index (Phi) is 2.90. The van der Waals surface area contributed by atoms with Crippen LogP contribution < -0.4 is 5.32 Å². The number of carbonyl (C=O) groups excluding carboxylic acids is 1. The Hall–Kier alpha value is -0.790. The zero-order valence-electron chi connectivity index (χ0n) is 8.67. The molecule has 0 unspecified atom stereocenters. The molecule has 2 aliphatic rings. The molecular formula is C12H19NO. The summed E-state index contributed by atoms with van der Waals surface area (Å²) in [6.07, 6.45) is 7.94. The van der Waals surface area contributed by atoms with E-state index in [0.717, 1.165) is 18.3 Å². The maximum atomic E-state index is 11.5. The second-order valence-corrected chi connectivity index (χ2v) is 4.73. The molecule has 14 heavy (non-hydrogen) atoms. The normalized spacial score (nSPS) is 34.4. The number of hydrogen-bond acceptors (Lipinski definition) is 1. The van der Waals surface area contributed by atoms with Crippen molar-refractivity contribution in [3.8, 4) is 0 Å². The minimum absolute atomic E-state index is 0.211. The number of hydrogen-bond donors (Lipinski definition) is 1. The van der Waals surface area contributed by atoms with Gasteiger partial charge in [0.1, 0.15) is 0 Å². The lowest BCUT2D eigenvalue weighted by Gasteiger charge is -2.20. The Morgan fingerprint density at radius 3 is 2.86 bits per heavy atom. The van der Waals surface area contributed by atoms with Crippen molar-refractivity contribution in [2.45, 2.75) is 32.1 Å². The van der Waals surface area contributed by atoms with Crippen LogP contribution in [0.4, 0.5) is 0 Å². The first-order valence-electron chi connectivity index (χ1n) is 5.67. The van der Waals surface area contributed by atoms with E-state index in [1.165, 1.54) is 25.7 Å². The summed E-state index contributed by atoms with van der Waals surface area (Å²) < 4.78 is 0. The van der Waals surface area contributed by atoms with Crippen LogP contribution in [0, 0.1) is 17.8 Å². The maximum absolute atomic E-state index is 11.5. The molecule has 0 aromatic carbocycles. The van der Waals surface area contributed by atoms with Crippen LogP contribution in [0.1, 0.15) is 32.1 Å². The lowest BCUT2D eigenvalue weighted by Crippen LogP contribution is -2.27. The van der Waals surface area contributed by atoms with Crippen molar-refractivity contribution in [2.24, 2.45) is 17.8 Å². The molecule has 2 fully saturated rings. The molecule has 0 heterocycles. The molecule has 0 aliphatic heterocycles. The molecule has 0 aromatic heterocycles. The number of nitrogens with one attached hydrogen (secondary N) is 1. The van der Waals surface area contributed by atoms with Crippen LogP contribution in [-0.2, 0) is 4.79 Å². The van der Waals surface area contributed by atoms with Crippen LogP contribution in [0.5, 0.6) is 0 Å². The first-order chi connectivity index (χ1) is 6.79. The average Bonchev–Trinajstić information content (AvgIpc) is 2.76. The number of fused-ring (bicyclic) bond motifs is 2. The van der Waals surface area contributed by atoms with E-state index < -0.39 is 0 Å². The molecule has 0 saturated heterocycles. The van der Waals surface area contributed by atoms with Crippen LogP contribution in [0.2, 0.25) is 0 Å². The summed E-state index contributed by atoms with van der Waals surface area (Å²) in [5, 5.41) is 2.86. The predicted molar refractivity (Wildman–Crippen MR) is 56.8 cm³/mol. The Balaban J connectivity index is 1.75. The van der Waals surface area contributed by atoms with E-state index in [-0.39, 0.29) is 5.91 Å². The van der Waals surface area contributed by atoms with Gasteiger partial charge in [-0.3, -0.25) is 4.79 Å². The minimum Gasteiger partial charge on any atom is -0.353 e. The molecule has 0 aromatic rings. The van der Waals surface area contributed by atoms with Crippen LogP contribution in [-0.4, -0.2) is 12.5 Å². The average molecular weight is 193 g/mol. The molecule has 2 bridgehead atoms. The van der Waals surface area contributed by atoms with Crippen LogP contribution in [0.15, 0.2) is 12.7 Å². The summed E-state index contributed by atoms with van der Waals surface area (Å²) in [5.41, 5.74) is 0. The Labute approximate surface area is 85.8 Å². The highest BCUT2D eigenvalue weighted by atomic mass is 16.1. The molecule has 2 aliphatic carbocycles. The number of carbonyl (C=O) groups is 1. The first-order valence-corrected chi connectivity index (χ1v) is 5.67. The van der Waals surface area contributed by atoms with Crippen molar-refractivity contribution in [1.82, 2.24) is 5.32 Å². The minimum atomic E-state index is 0.211. The molecule has 2 heteroatoms. The van der Waals surface area contributed by atoms with Gasteiger partial charge in [-0.25, -0.2) is 0 Å². The molecule has 1 amide bonds. The van der Waals surface area contributed by atoms with E-state index in [2.05, 4.69) is 11.9 Å². The van der Waals surface area contributed by atoms with Crippen molar-refractivity contribution < 1.29 is 4.79 Å². The Bertz CT molecular complexity index is 236. The van der Waals surface area contributed by atoms with Crippen LogP contribution in [0.3, 0.4) is 0 Å². The lowest BCUT2D eigenvalue weighted by molar-refractivity contribution is -0.122. The molecule has 2 nitrogen and oxygen atoms in total. The second kappa shape index (κ2) is 4.16. The van der Waals surface area contributed by atoms with Gasteiger partial charge in [0.05, 0.1) is 0 Å². The third kappa shape index (κ3) is 1.99. The van der Waals surface area contributed by atoms with Crippen molar-refractivity contribution in [3.05, 3.63) is 12.7 Å². The fourth-order valence-electron chi connectivity index (χ4n) is 3.12. The fourth-order valence-corrected chi connectivity index (χ4v) is 3.12. The summed E-state index contributed by atoms with van der Waals surface area (Å²) in [4.78, 5) is 11.5. The van der Waals surface area contributed by atoms with Gasteiger partial charge < -0.3 is 5.32 Å². The fraction of sp³-hybridized carbons (Fsp3) is 0.750. The van der Waals surface area contributed by atoms with E-state index in [4.69, 9.17) is 0 Å². The summed E-state index contributed by atoms with van der Waals surface area (Å²) in [6, 6.07) is 0. The zero-order chi connectivity index (χ0) is 9.97. The number of amides is 1. The van der Waals surface area contributed by atoms with E-state index in [9.17, 15) is 4.79 Å². The molecule has 1 N–H and O–H groups in total. The van der Waals surface area contributed by atoms with Crippen molar-refractivity contribution in [3.63, 3.8) is 0 Å². The van der Waals surface area contributed by atoms with Crippen molar-refractivity contribution in [2.75, 3.05) is 6.54 Å². The highest BCUT2D eigenvalue weighted by Crippen LogP contribution is 2.49. The van der Waals surface area contributed by atoms with Gasteiger partial charge >= 0.3 is 0 Å². The molecule has 0 spiro atoms. The van der Waals surface area contributed by atoms with Gasteiger partial charge in [-0.05, 0) is 37.0 Å². The SMILES string of the molecule is C=CCNC(=O)C[C@H]1C[C@H]2CC[C@H]1C2. The third-order valence-corrected chi connectivity index (χ3v) is 3.78. The Morgan fingerprint density at radius 1 is 1.43 bits per heavy atom. The number of rotatable bonds is 4. The topological polar surface area (TPSA) is 29.1 Å². The quantitative estimate of drug-likeness (QED) is 0.681. The third-order valence-electron chi connectivity index (χ3n) is 3.78. The van der Waals surface area contributed by atoms with Crippen molar-refractivity contribution >= 4 is 5.91 Å². The van der Waals surface area contributed by atoms with Gasteiger partial charge in [0.15, 0.2) is 0 Å². The summed E-state index contributed by atoms with van der Waals surface area (Å²) in [5.74, 6) is 2.69. The smallest absolute Gasteiger partial charge is 0.220 e. The summed E-state index contributed by atoms with van der Waals surface area (Å²) in [7, 11) is 0. The van der Waals surface area contributed by atoms with Gasteiger partial charge in [0.2, 0.25) is 5.91 Å². The van der Waals surface area contributed by atoms with E-state index in [1.807, 2.05) is 0 Å². The van der Waals surface area contributed by atoms with Crippen molar-refractivity contribution in [1.29, 1.82) is 0 Å². The Morgan fingerprint density at radius 2 is 2.29 bits per heavy atom. The van der Waals surface area contributed by atoms with Crippen LogP contribution >= 0.6 is 0 Å². The summed E-state index contributed by atoms with van der Waals surface area (Å²) >= 11 is 0. The van der Waals surface area contributed by atoms with Gasteiger partial charge in [-0.2, -0.15) is 0 Å². The summed E-state index contributed by atoms with van der Waals surface area (Å²) in [6.45, 7) is 4.20. The maximum Gasteiger partial charge on any atom is 0.220 e. The van der Waals surface area contributed by atoms with Gasteiger partial charge in [-0.1, -0.05) is 12.5 Å². The first kappa shape index (κ1) is 9.75. The van der Waals surface area contributed by atoms with E-state index in [1.54, 1.807) is 6.08 Å². The molecule has 2 rings (SSSR count). The highest BCUT2D eigenvalue weighted by molar-refractivity contribution is 5.76. The van der Waals surface area contributed by atoms with E-state index >= 15 is 0 Å². The predicted octanol–water partition coefficient (Wildman–Crippen LogP) is 2.11. The zero-order valence-corrected chi connectivity index (χ0v) is 8.67. The van der Waals surface area contributed by atoms with Gasteiger partial charge in [0.25, 0.3) is 0 Å². The van der Waals surface area contributed by atoms with E-state index in [0.29, 0.717) is 12.5 Å². The second-order valence-electron chi connectivity index (χ2n) is 4.73. The molecule has 0 radical (unpaired) electrons. The lowest BCUT2D eigenvalue weighted by atomic mass is 9.86. The molecule has 3 atom stereocenters. The standard InChI is InChI=1S/C12H19NO/c1-2-5-13-12(14)8-11-7-9-3-4-10(11)6-9/h2,9-11H,1,3-8H2,(H,13,14)/t9-,10-,11+/m0/s1. The monoisotopic (exact) mass is 193 g/mol. The molecular weight excluding hydrogens is 174 g/mol. The van der Waals surface area contributed by atoms with Crippen LogP contribution in [0.25, 0.3) is 0 Å². The highest BCUT2D eigenvalue weighted by Gasteiger charge is 2.39.